The van der Waals surface area contributed by atoms with Crippen molar-refractivity contribution in [3.05, 3.63) is 40.5 Å². The van der Waals surface area contributed by atoms with E-state index in [0.29, 0.717) is 5.69 Å². The number of nitrogens with zero attached hydrogens (tertiary/aromatic N) is 2. The maximum Gasteiger partial charge on any atom is 0.445 e. The molecule has 0 aliphatic carbocycles. The molecule has 0 saturated heterocycles. The number of benzene rings is 1. The fraction of sp³-hybridized carbons (Fsp3) is 0.167. The first-order valence-corrected chi connectivity index (χ1v) is 5.16. The molecule has 17 heavy (non-hydrogen) atoms. The average Bonchev–Trinajstić information content (AvgIpc) is 2.73. The van der Waals surface area contributed by atoms with Crippen molar-refractivity contribution in [2.45, 2.75) is 6.92 Å². The van der Waals surface area contributed by atoms with E-state index < -0.39 is 5.76 Å². The summed E-state index contributed by atoms with van der Waals surface area (Å²) in [5, 5.41) is 4.63. The van der Waals surface area contributed by atoms with Crippen LogP contribution in [0.2, 0.25) is 0 Å². The van der Waals surface area contributed by atoms with Crippen molar-refractivity contribution in [2.75, 3.05) is 7.11 Å². The SMILES string of the molecule is COc1ccc2c(c1)cc1c(C)noc(=O)n12. The second kappa shape index (κ2) is 3.35. The molecular formula is C12H10N2O3. The van der Waals surface area contributed by atoms with Crippen LogP contribution in [0.25, 0.3) is 16.4 Å². The smallest absolute Gasteiger partial charge is 0.445 e. The molecular weight excluding hydrogens is 220 g/mol. The van der Waals surface area contributed by atoms with Crippen LogP contribution in [0, 0.1) is 6.92 Å². The summed E-state index contributed by atoms with van der Waals surface area (Å²) in [5.74, 6) is 0.272. The first kappa shape index (κ1) is 9.89. The van der Waals surface area contributed by atoms with Crippen molar-refractivity contribution in [3.8, 4) is 5.75 Å². The molecule has 0 amide bonds. The molecule has 0 radical (unpaired) electrons. The van der Waals surface area contributed by atoms with E-state index in [-0.39, 0.29) is 0 Å². The predicted octanol–water partition coefficient (Wildman–Crippen LogP) is 1.76. The van der Waals surface area contributed by atoms with Gasteiger partial charge in [-0.15, -0.1) is 0 Å². The quantitative estimate of drug-likeness (QED) is 0.639. The lowest BCUT2D eigenvalue weighted by atomic mass is 10.2. The van der Waals surface area contributed by atoms with Crippen molar-refractivity contribution in [1.82, 2.24) is 9.56 Å². The first-order valence-electron chi connectivity index (χ1n) is 5.16. The van der Waals surface area contributed by atoms with E-state index in [1.807, 2.05) is 24.3 Å². The van der Waals surface area contributed by atoms with E-state index in [0.717, 1.165) is 22.2 Å². The number of hydrogen-bond acceptors (Lipinski definition) is 4. The van der Waals surface area contributed by atoms with E-state index in [1.54, 1.807) is 14.0 Å². The topological polar surface area (TPSA) is 56.7 Å². The molecule has 0 aliphatic heterocycles. The fourth-order valence-electron chi connectivity index (χ4n) is 1.98. The zero-order chi connectivity index (χ0) is 12.0. The van der Waals surface area contributed by atoms with Gasteiger partial charge in [0.1, 0.15) is 11.4 Å². The van der Waals surface area contributed by atoms with Crippen LogP contribution in [0.5, 0.6) is 5.75 Å². The summed E-state index contributed by atoms with van der Waals surface area (Å²) in [6, 6.07) is 7.42. The monoisotopic (exact) mass is 230 g/mol. The Morgan fingerprint density at radius 2 is 2.12 bits per heavy atom. The number of aromatic nitrogens is 2. The highest BCUT2D eigenvalue weighted by molar-refractivity contribution is 5.88. The summed E-state index contributed by atoms with van der Waals surface area (Å²) in [5.41, 5.74) is 2.23. The molecule has 2 aromatic heterocycles. The van der Waals surface area contributed by atoms with Gasteiger partial charge in [-0.05, 0) is 31.2 Å². The van der Waals surface area contributed by atoms with Gasteiger partial charge in [-0.3, -0.25) is 4.52 Å². The number of fused-ring (bicyclic) bond motifs is 3. The molecule has 5 nitrogen and oxygen atoms in total. The minimum absolute atomic E-state index is 0.481. The number of hydrogen-bond donors (Lipinski definition) is 0. The third-order valence-corrected chi connectivity index (χ3v) is 2.82. The molecule has 3 rings (SSSR count). The molecule has 86 valence electrons. The number of methoxy groups -OCH3 is 1. The average molecular weight is 230 g/mol. The summed E-state index contributed by atoms with van der Waals surface area (Å²) in [6.07, 6.45) is 0. The highest BCUT2D eigenvalue weighted by Gasteiger charge is 2.10. The number of ether oxygens (including phenoxy) is 1. The zero-order valence-corrected chi connectivity index (χ0v) is 9.43. The Bertz CT molecular complexity index is 770. The Morgan fingerprint density at radius 1 is 1.29 bits per heavy atom. The van der Waals surface area contributed by atoms with E-state index in [2.05, 4.69) is 5.16 Å². The van der Waals surface area contributed by atoms with Crippen molar-refractivity contribution in [3.63, 3.8) is 0 Å². The Kier molecular flexibility index (Phi) is 1.95. The van der Waals surface area contributed by atoms with Crippen LogP contribution in [-0.4, -0.2) is 16.7 Å². The third-order valence-electron chi connectivity index (χ3n) is 2.82. The second-order valence-electron chi connectivity index (χ2n) is 3.82. The molecule has 0 atom stereocenters. The van der Waals surface area contributed by atoms with Crippen LogP contribution in [0.15, 0.2) is 33.6 Å². The molecule has 1 aromatic carbocycles. The minimum atomic E-state index is -0.481. The van der Waals surface area contributed by atoms with E-state index in [9.17, 15) is 4.79 Å². The highest BCUT2D eigenvalue weighted by atomic mass is 16.5. The maximum absolute atomic E-state index is 11.7. The normalized spacial score (nSPS) is 11.2. The fourth-order valence-corrected chi connectivity index (χ4v) is 1.98. The van der Waals surface area contributed by atoms with Gasteiger partial charge in [0, 0.05) is 5.39 Å². The summed E-state index contributed by atoms with van der Waals surface area (Å²) >= 11 is 0. The molecule has 0 saturated carbocycles. The Hall–Kier alpha value is -2.30. The van der Waals surface area contributed by atoms with Crippen LogP contribution >= 0.6 is 0 Å². The van der Waals surface area contributed by atoms with Crippen LogP contribution in [-0.2, 0) is 0 Å². The van der Waals surface area contributed by atoms with Gasteiger partial charge in [0.15, 0.2) is 0 Å². The standard InChI is InChI=1S/C12H10N2O3/c1-7-11-6-8-5-9(16-2)3-4-10(8)14(11)12(15)17-13-7/h3-6H,1-2H3. The van der Waals surface area contributed by atoms with Gasteiger partial charge in [0.05, 0.1) is 18.1 Å². The molecule has 0 aliphatic rings. The van der Waals surface area contributed by atoms with Gasteiger partial charge >= 0.3 is 5.76 Å². The van der Waals surface area contributed by atoms with Crippen molar-refractivity contribution >= 4 is 16.4 Å². The summed E-state index contributed by atoms with van der Waals surface area (Å²) in [4.78, 5) is 11.7. The van der Waals surface area contributed by atoms with Crippen LogP contribution in [0.1, 0.15) is 5.69 Å². The van der Waals surface area contributed by atoms with Crippen LogP contribution in [0.4, 0.5) is 0 Å². The molecule has 0 N–H and O–H groups in total. The van der Waals surface area contributed by atoms with E-state index in [4.69, 9.17) is 9.26 Å². The summed E-state index contributed by atoms with van der Waals surface area (Å²) in [7, 11) is 1.61. The highest BCUT2D eigenvalue weighted by Crippen LogP contribution is 2.24. The molecule has 0 spiro atoms. The van der Waals surface area contributed by atoms with Crippen LogP contribution in [0.3, 0.4) is 0 Å². The van der Waals surface area contributed by atoms with Gasteiger partial charge in [0.2, 0.25) is 0 Å². The number of rotatable bonds is 1. The van der Waals surface area contributed by atoms with Crippen molar-refractivity contribution < 1.29 is 9.26 Å². The molecule has 0 fully saturated rings. The second-order valence-corrected chi connectivity index (χ2v) is 3.82. The van der Waals surface area contributed by atoms with Gasteiger partial charge < -0.3 is 4.74 Å². The molecule has 5 heteroatoms. The first-order chi connectivity index (χ1) is 8.20. The molecule has 2 heterocycles. The lowest BCUT2D eigenvalue weighted by molar-refractivity contribution is 0.342. The Balaban J connectivity index is 2.54. The summed E-state index contributed by atoms with van der Waals surface area (Å²) in [6.45, 7) is 1.80. The van der Waals surface area contributed by atoms with Gasteiger partial charge in [0.25, 0.3) is 0 Å². The Morgan fingerprint density at radius 3 is 2.88 bits per heavy atom. The summed E-state index contributed by atoms with van der Waals surface area (Å²) < 4.78 is 11.4. The van der Waals surface area contributed by atoms with E-state index >= 15 is 0 Å². The van der Waals surface area contributed by atoms with Gasteiger partial charge in [-0.2, -0.15) is 0 Å². The Labute approximate surface area is 96.2 Å². The zero-order valence-electron chi connectivity index (χ0n) is 9.43. The van der Waals surface area contributed by atoms with Crippen molar-refractivity contribution in [2.24, 2.45) is 0 Å². The van der Waals surface area contributed by atoms with Crippen molar-refractivity contribution in [1.29, 1.82) is 0 Å². The largest absolute Gasteiger partial charge is 0.497 e. The lowest BCUT2D eigenvalue weighted by Gasteiger charge is -1.99. The van der Waals surface area contributed by atoms with Gasteiger partial charge in [-0.1, -0.05) is 5.16 Å². The third kappa shape index (κ3) is 1.32. The van der Waals surface area contributed by atoms with Crippen LogP contribution < -0.4 is 10.5 Å². The minimum Gasteiger partial charge on any atom is -0.497 e. The van der Waals surface area contributed by atoms with E-state index in [1.165, 1.54) is 4.40 Å². The molecule has 3 aromatic rings. The maximum atomic E-state index is 11.7. The number of aryl methyl sites for hydroxylation is 1. The molecule has 0 unspecified atom stereocenters. The predicted molar refractivity (Wildman–Crippen MR) is 62.5 cm³/mol. The lowest BCUT2D eigenvalue weighted by Crippen LogP contribution is -2.12. The van der Waals surface area contributed by atoms with Gasteiger partial charge in [-0.25, -0.2) is 9.20 Å². The molecule has 0 bridgehead atoms.